The SMILES string of the molecule is CCCCCCCCCCCC(=O)Nc1ccc(-c2onc3c2CCc2cc(OC)ccc2-3)cc1. The average Bonchev–Trinajstić information content (AvgIpc) is 3.32. The first-order chi connectivity index (χ1) is 17.2. The van der Waals surface area contributed by atoms with Gasteiger partial charge in [-0.05, 0) is 67.3 Å². The molecule has 1 aliphatic carbocycles. The number of nitrogens with one attached hydrogen (secondary N) is 1. The molecule has 1 N–H and O–H groups in total. The molecule has 2 aromatic carbocycles. The van der Waals surface area contributed by atoms with E-state index < -0.39 is 0 Å². The second kappa shape index (κ2) is 12.6. The molecule has 186 valence electrons. The van der Waals surface area contributed by atoms with E-state index in [9.17, 15) is 4.79 Å². The summed E-state index contributed by atoms with van der Waals surface area (Å²) in [7, 11) is 1.69. The summed E-state index contributed by atoms with van der Waals surface area (Å²) >= 11 is 0. The van der Waals surface area contributed by atoms with E-state index in [0.29, 0.717) is 6.42 Å². The summed E-state index contributed by atoms with van der Waals surface area (Å²) in [5, 5.41) is 7.42. The zero-order valence-corrected chi connectivity index (χ0v) is 21.2. The third-order valence-electron chi connectivity index (χ3n) is 6.94. The van der Waals surface area contributed by atoms with Gasteiger partial charge >= 0.3 is 0 Å². The Labute approximate surface area is 209 Å². The molecule has 1 heterocycles. The van der Waals surface area contributed by atoms with Crippen LogP contribution in [0.2, 0.25) is 0 Å². The number of carbonyl (C=O) groups excluding carboxylic acids is 1. The summed E-state index contributed by atoms with van der Waals surface area (Å²) in [5.41, 5.74) is 6.21. The Hall–Kier alpha value is -3.08. The molecule has 1 aliphatic rings. The summed E-state index contributed by atoms with van der Waals surface area (Å²) in [5.74, 6) is 1.77. The quantitative estimate of drug-likeness (QED) is 0.255. The lowest BCUT2D eigenvalue weighted by Gasteiger charge is -2.16. The Balaban J connectivity index is 1.26. The van der Waals surface area contributed by atoms with Crippen molar-refractivity contribution in [3.05, 3.63) is 53.6 Å². The molecule has 35 heavy (non-hydrogen) atoms. The third-order valence-corrected chi connectivity index (χ3v) is 6.94. The maximum absolute atomic E-state index is 12.3. The highest BCUT2D eigenvalue weighted by Crippen LogP contribution is 2.39. The van der Waals surface area contributed by atoms with E-state index in [1.54, 1.807) is 7.11 Å². The fraction of sp³-hybridized carbons (Fsp3) is 0.467. The van der Waals surface area contributed by atoms with Crippen molar-refractivity contribution >= 4 is 11.6 Å². The number of nitrogens with zero attached hydrogens (tertiary/aromatic N) is 1. The van der Waals surface area contributed by atoms with Crippen molar-refractivity contribution in [1.29, 1.82) is 0 Å². The van der Waals surface area contributed by atoms with Crippen molar-refractivity contribution in [2.24, 2.45) is 0 Å². The molecule has 0 fully saturated rings. The minimum Gasteiger partial charge on any atom is -0.497 e. The Morgan fingerprint density at radius 1 is 0.943 bits per heavy atom. The minimum absolute atomic E-state index is 0.0878. The van der Waals surface area contributed by atoms with Crippen LogP contribution in [0.15, 0.2) is 47.0 Å². The van der Waals surface area contributed by atoms with E-state index in [0.717, 1.165) is 65.3 Å². The van der Waals surface area contributed by atoms with Crippen LogP contribution in [0, 0.1) is 0 Å². The predicted octanol–water partition coefficient (Wildman–Crippen LogP) is 7.98. The largest absolute Gasteiger partial charge is 0.497 e. The smallest absolute Gasteiger partial charge is 0.224 e. The van der Waals surface area contributed by atoms with Crippen LogP contribution in [-0.4, -0.2) is 18.2 Å². The molecule has 0 spiro atoms. The molecule has 0 unspecified atom stereocenters. The molecule has 0 bridgehead atoms. The topological polar surface area (TPSA) is 64.4 Å². The number of hydrogen-bond donors (Lipinski definition) is 1. The molecule has 1 aromatic heterocycles. The summed E-state index contributed by atoms with van der Waals surface area (Å²) < 4.78 is 11.1. The molecule has 4 rings (SSSR count). The fourth-order valence-electron chi connectivity index (χ4n) is 4.90. The Morgan fingerprint density at radius 2 is 1.66 bits per heavy atom. The van der Waals surface area contributed by atoms with Gasteiger partial charge in [0.15, 0.2) is 5.76 Å². The number of benzene rings is 2. The molecule has 0 radical (unpaired) electrons. The number of amides is 1. The lowest BCUT2D eigenvalue weighted by Crippen LogP contribution is -2.10. The number of ether oxygens (including phenoxy) is 1. The van der Waals surface area contributed by atoms with Gasteiger partial charge in [-0.15, -0.1) is 0 Å². The summed E-state index contributed by atoms with van der Waals surface area (Å²) in [6.07, 6.45) is 13.7. The normalized spacial score (nSPS) is 12.2. The lowest BCUT2D eigenvalue weighted by atomic mass is 9.88. The zero-order valence-electron chi connectivity index (χ0n) is 21.2. The van der Waals surface area contributed by atoms with E-state index in [2.05, 4.69) is 29.5 Å². The number of anilines is 1. The minimum atomic E-state index is 0.0878. The van der Waals surface area contributed by atoms with Gasteiger partial charge in [0.1, 0.15) is 11.4 Å². The zero-order chi connectivity index (χ0) is 24.5. The van der Waals surface area contributed by atoms with Crippen molar-refractivity contribution in [2.75, 3.05) is 12.4 Å². The van der Waals surface area contributed by atoms with Crippen molar-refractivity contribution in [3.8, 4) is 28.3 Å². The van der Waals surface area contributed by atoms with Crippen LogP contribution in [0.25, 0.3) is 22.6 Å². The van der Waals surface area contributed by atoms with Crippen molar-refractivity contribution in [3.63, 3.8) is 0 Å². The summed E-state index contributed by atoms with van der Waals surface area (Å²) in [6, 6.07) is 14.0. The molecule has 1 amide bonds. The molecule has 3 aromatic rings. The highest BCUT2D eigenvalue weighted by Gasteiger charge is 2.25. The van der Waals surface area contributed by atoms with Crippen LogP contribution >= 0.6 is 0 Å². The maximum Gasteiger partial charge on any atom is 0.224 e. The van der Waals surface area contributed by atoms with Crippen LogP contribution in [0.4, 0.5) is 5.69 Å². The summed E-state index contributed by atoms with van der Waals surface area (Å²) in [4.78, 5) is 12.3. The van der Waals surface area contributed by atoms with Gasteiger partial charge in [0.2, 0.25) is 5.91 Å². The van der Waals surface area contributed by atoms with Crippen LogP contribution in [0.3, 0.4) is 0 Å². The van der Waals surface area contributed by atoms with Gasteiger partial charge in [0.25, 0.3) is 0 Å². The highest BCUT2D eigenvalue weighted by atomic mass is 16.5. The van der Waals surface area contributed by atoms with Crippen molar-refractivity contribution < 1.29 is 14.1 Å². The first kappa shape index (κ1) is 25.0. The van der Waals surface area contributed by atoms with Gasteiger partial charge in [0.05, 0.1) is 7.11 Å². The molecule has 0 atom stereocenters. The van der Waals surface area contributed by atoms with E-state index in [1.165, 1.54) is 50.5 Å². The van der Waals surface area contributed by atoms with E-state index >= 15 is 0 Å². The highest BCUT2D eigenvalue weighted by molar-refractivity contribution is 5.91. The number of rotatable bonds is 13. The summed E-state index contributed by atoms with van der Waals surface area (Å²) in [6.45, 7) is 2.25. The van der Waals surface area contributed by atoms with Crippen LogP contribution in [0.5, 0.6) is 5.75 Å². The molecule has 0 aliphatic heterocycles. The molecular weight excluding hydrogens is 436 g/mol. The monoisotopic (exact) mass is 474 g/mol. The number of methoxy groups -OCH3 is 1. The Morgan fingerprint density at radius 3 is 2.37 bits per heavy atom. The first-order valence-electron chi connectivity index (χ1n) is 13.3. The van der Waals surface area contributed by atoms with E-state index in [4.69, 9.17) is 9.26 Å². The van der Waals surface area contributed by atoms with Gasteiger partial charge < -0.3 is 14.6 Å². The lowest BCUT2D eigenvalue weighted by molar-refractivity contribution is -0.116. The van der Waals surface area contributed by atoms with Gasteiger partial charge in [-0.25, -0.2) is 0 Å². The number of hydrogen-bond acceptors (Lipinski definition) is 4. The van der Waals surface area contributed by atoms with Crippen LogP contribution in [0.1, 0.15) is 82.3 Å². The molecule has 5 heteroatoms. The molecular formula is C30H38N2O3. The van der Waals surface area contributed by atoms with Crippen LogP contribution in [-0.2, 0) is 17.6 Å². The van der Waals surface area contributed by atoms with Gasteiger partial charge in [-0.2, -0.15) is 0 Å². The second-order valence-electron chi connectivity index (χ2n) is 9.57. The fourth-order valence-corrected chi connectivity index (χ4v) is 4.90. The number of fused-ring (bicyclic) bond motifs is 3. The van der Waals surface area contributed by atoms with Gasteiger partial charge in [-0.1, -0.05) is 63.4 Å². The van der Waals surface area contributed by atoms with Crippen molar-refractivity contribution in [2.45, 2.75) is 84.0 Å². The van der Waals surface area contributed by atoms with E-state index in [-0.39, 0.29) is 5.91 Å². The number of aromatic nitrogens is 1. The van der Waals surface area contributed by atoms with E-state index in [1.807, 2.05) is 30.3 Å². The average molecular weight is 475 g/mol. The van der Waals surface area contributed by atoms with Gasteiger partial charge in [0, 0.05) is 28.8 Å². The second-order valence-corrected chi connectivity index (χ2v) is 9.57. The Bertz CT molecular complexity index is 1100. The first-order valence-corrected chi connectivity index (χ1v) is 13.3. The van der Waals surface area contributed by atoms with Crippen molar-refractivity contribution in [1.82, 2.24) is 5.16 Å². The molecule has 0 saturated carbocycles. The molecule has 0 saturated heterocycles. The standard InChI is InChI=1S/C30H38N2O3/c1-3-4-5-6-7-8-9-10-11-12-28(33)31-24-16-13-22(14-17-24)30-27-19-15-23-21-25(34-2)18-20-26(23)29(27)32-35-30/h13-14,16-18,20-21H,3-12,15,19H2,1-2H3,(H,31,33). The van der Waals surface area contributed by atoms with Gasteiger partial charge in [-0.3, -0.25) is 4.79 Å². The predicted molar refractivity (Wildman–Crippen MR) is 142 cm³/mol. The Kier molecular flexibility index (Phi) is 8.99. The third kappa shape index (κ3) is 6.53. The molecule has 5 nitrogen and oxygen atoms in total. The van der Waals surface area contributed by atoms with Crippen LogP contribution < -0.4 is 10.1 Å². The maximum atomic E-state index is 12.3. The number of aryl methyl sites for hydroxylation is 1. The number of unbranched alkanes of at least 4 members (excludes halogenated alkanes) is 8. The number of carbonyl (C=O) groups is 1.